The highest BCUT2D eigenvalue weighted by Crippen LogP contribution is 2.16. The second-order valence-electron chi connectivity index (χ2n) is 6.97. The van der Waals surface area contributed by atoms with E-state index in [4.69, 9.17) is 5.11 Å². The minimum atomic E-state index is -2.86. The van der Waals surface area contributed by atoms with Gasteiger partial charge in [-0.3, -0.25) is 19.4 Å². The first-order valence-corrected chi connectivity index (χ1v) is 9.28. The fourth-order valence-corrected chi connectivity index (χ4v) is 3.33. The number of likely N-dealkylation sites (tertiary alicyclic amines) is 1. The molecule has 7 nitrogen and oxygen atoms in total. The van der Waals surface area contributed by atoms with Crippen molar-refractivity contribution in [3.63, 3.8) is 0 Å². The van der Waals surface area contributed by atoms with Crippen LogP contribution in [0.2, 0.25) is 0 Å². The van der Waals surface area contributed by atoms with Gasteiger partial charge < -0.3 is 15.2 Å². The summed E-state index contributed by atoms with van der Waals surface area (Å²) < 4.78 is 28.6. The quantitative estimate of drug-likeness (QED) is 0.619. The van der Waals surface area contributed by atoms with Gasteiger partial charge in [0.1, 0.15) is 5.75 Å². The Labute approximate surface area is 175 Å². The van der Waals surface area contributed by atoms with E-state index in [2.05, 4.69) is 15.0 Å². The Balaban J connectivity index is 0.00000420. The SMILES string of the molecule is CN(CC(=O)O)C1CCCN(CC(=O)NCc2ccc(OC(F)F)cc2)CC1.Cl. The second kappa shape index (κ2) is 12.6. The van der Waals surface area contributed by atoms with Crippen molar-refractivity contribution in [2.75, 3.05) is 33.2 Å². The third-order valence-electron chi connectivity index (χ3n) is 4.80. The second-order valence-corrected chi connectivity index (χ2v) is 6.97. The number of hydrogen-bond acceptors (Lipinski definition) is 5. The Hall–Kier alpha value is -1.97. The smallest absolute Gasteiger partial charge is 0.387 e. The summed E-state index contributed by atoms with van der Waals surface area (Å²) in [5.74, 6) is -0.862. The van der Waals surface area contributed by atoms with Crippen LogP contribution in [0.15, 0.2) is 24.3 Å². The summed E-state index contributed by atoms with van der Waals surface area (Å²) in [4.78, 5) is 27.0. The van der Waals surface area contributed by atoms with Gasteiger partial charge in [0, 0.05) is 19.1 Å². The fraction of sp³-hybridized carbons (Fsp3) is 0.579. The average Bonchev–Trinajstić information content (AvgIpc) is 2.86. The summed E-state index contributed by atoms with van der Waals surface area (Å²) in [7, 11) is 1.82. The van der Waals surface area contributed by atoms with Crippen molar-refractivity contribution >= 4 is 24.3 Å². The van der Waals surface area contributed by atoms with Crippen LogP contribution >= 0.6 is 12.4 Å². The maximum atomic E-state index is 12.2. The number of aliphatic carboxylic acids is 1. The zero-order valence-corrected chi connectivity index (χ0v) is 17.2. The van der Waals surface area contributed by atoms with E-state index in [0.717, 1.165) is 37.9 Å². The van der Waals surface area contributed by atoms with E-state index in [9.17, 15) is 18.4 Å². The van der Waals surface area contributed by atoms with Crippen molar-refractivity contribution < 1.29 is 28.2 Å². The van der Waals surface area contributed by atoms with E-state index in [1.807, 2.05) is 11.9 Å². The lowest BCUT2D eigenvalue weighted by Gasteiger charge is -2.25. The van der Waals surface area contributed by atoms with Crippen LogP contribution in [0.4, 0.5) is 8.78 Å². The summed E-state index contributed by atoms with van der Waals surface area (Å²) in [6.45, 7) is -0.714. The van der Waals surface area contributed by atoms with E-state index in [0.29, 0.717) is 6.54 Å². The van der Waals surface area contributed by atoms with Gasteiger partial charge in [-0.15, -0.1) is 12.4 Å². The summed E-state index contributed by atoms with van der Waals surface area (Å²) in [5, 5.41) is 11.7. The molecule has 0 bridgehead atoms. The predicted octanol–water partition coefficient (Wildman–Crippen LogP) is 2.20. The highest BCUT2D eigenvalue weighted by atomic mass is 35.5. The van der Waals surface area contributed by atoms with Crippen molar-refractivity contribution in [3.05, 3.63) is 29.8 Å². The van der Waals surface area contributed by atoms with Crippen molar-refractivity contribution in [2.45, 2.75) is 38.5 Å². The Morgan fingerprint density at radius 2 is 1.97 bits per heavy atom. The number of ether oxygens (including phenoxy) is 1. The highest BCUT2D eigenvalue weighted by Gasteiger charge is 2.22. The van der Waals surface area contributed by atoms with Crippen molar-refractivity contribution in [2.24, 2.45) is 0 Å². The molecule has 1 atom stereocenters. The molecule has 2 rings (SSSR count). The molecule has 2 N–H and O–H groups in total. The van der Waals surface area contributed by atoms with Crippen molar-refractivity contribution in [1.82, 2.24) is 15.1 Å². The van der Waals surface area contributed by atoms with E-state index in [1.54, 1.807) is 12.1 Å². The average molecular weight is 436 g/mol. The maximum absolute atomic E-state index is 12.2. The molecule has 10 heteroatoms. The topological polar surface area (TPSA) is 82.1 Å². The molecule has 1 aliphatic heterocycles. The number of carbonyl (C=O) groups is 2. The lowest BCUT2D eigenvalue weighted by atomic mass is 10.1. The fourth-order valence-electron chi connectivity index (χ4n) is 3.33. The molecule has 1 aromatic rings. The molecule has 1 amide bonds. The highest BCUT2D eigenvalue weighted by molar-refractivity contribution is 5.85. The number of carbonyl (C=O) groups excluding carboxylic acids is 1. The van der Waals surface area contributed by atoms with Gasteiger partial charge in [-0.05, 0) is 50.6 Å². The van der Waals surface area contributed by atoms with Gasteiger partial charge in [-0.2, -0.15) is 8.78 Å². The maximum Gasteiger partial charge on any atom is 0.387 e. The number of amides is 1. The third kappa shape index (κ3) is 9.38. The number of carboxylic acids is 1. The number of rotatable bonds is 9. The van der Waals surface area contributed by atoms with Crippen LogP contribution in [-0.2, 0) is 16.1 Å². The van der Waals surface area contributed by atoms with Gasteiger partial charge in [0.05, 0.1) is 13.1 Å². The molecule has 0 saturated carbocycles. The van der Waals surface area contributed by atoms with Gasteiger partial charge in [-0.1, -0.05) is 12.1 Å². The number of hydrogen-bond donors (Lipinski definition) is 2. The van der Waals surface area contributed by atoms with Crippen LogP contribution in [-0.4, -0.2) is 72.7 Å². The van der Waals surface area contributed by atoms with Crippen molar-refractivity contribution in [3.8, 4) is 5.75 Å². The van der Waals surface area contributed by atoms with Crippen LogP contribution in [0.5, 0.6) is 5.75 Å². The Morgan fingerprint density at radius 3 is 2.59 bits per heavy atom. The number of nitrogens with zero attached hydrogens (tertiary/aromatic N) is 2. The van der Waals surface area contributed by atoms with Gasteiger partial charge >= 0.3 is 12.6 Å². The number of alkyl halides is 2. The lowest BCUT2D eigenvalue weighted by Crippen LogP contribution is -2.39. The van der Waals surface area contributed by atoms with E-state index < -0.39 is 12.6 Å². The first kappa shape index (κ1) is 25.1. The zero-order valence-electron chi connectivity index (χ0n) is 16.4. The molecule has 1 fully saturated rings. The van der Waals surface area contributed by atoms with Gasteiger partial charge in [0.2, 0.25) is 5.91 Å². The molecule has 1 saturated heterocycles. The first-order chi connectivity index (χ1) is 13.3. The van der Waals surface area contributed by atoms with Crippen LogP contribution in [0, 0.1) is 0 Å². The number of carboxylic acid groups (broad SMARTS) is 1. The molecule has 0 spiro atoms. The summed E-state index contributed by atoms with van der Waals surface area (Å²) in [6, 6.07) is 6.35. The van der Waals surface area contributed by atoms with E-state index >= 15 is 0 Å². The number of likely N-dealkylation sites (N-methyl/N-ethyl adjacent to an activating group) is 1. The molecule has 0 aromatic heterocycles. The Kier molecular flexibility index (Phi) is 10.9. The molecular weight excluding hydrogens is 408 g/mol. The molecule has 1 heterocycles. The summed E-state index contributed by atoms with van der Waals surface area (Å²) in [6.07, 6.45) is 2.64. The minimum Gasteiger partial charge on any atom is -0.480 e. The molecular formula is C19H28ClF2N3O4. The minimum absolute atomic E-state index is 0. The largest absolute Gasteiger partial charge is 0.480 e. The summed E-state index contributed by atoms with van der Waals surface area (Å²) in [5.41, 5.74) is 0.793. The standard InChI is InChI=1S/C19H27F2N3O4.ClH/c1-23(13-18(26)27)15-3-2-9-24(10-8-15)12-17(25)22-11-14-4-6-16(7-5-14)28-19(20)21;/h4-7,15,19H,2-3,8-13H2,1H3,(H,22,25)(H,26,27);1H. The first-order valence-electron chi connectivity index (χ1n) is 9.28. The number of halogens is 3. The monoisotopic (exact) mass is 435 g/mol. The predicted molar refractivity (Wildman–Crippen MR) is 107 cm³/mol. The molecule has 0 radical (unpaired) electrons. The molecule has 0 aliphatic carbocycles. The molecule has 29 heavy (non-hydrogen) atoms. The Bertz CT molecular complexity index is 649. The van der Waals surface area contributed by atoms with Crippen LogP contribution < -0.4 is 10.1 Å². The molecule has 164 valence electrons. The van der Waals surface area contributed by atoms with Gasteiger partial charge in [0.25, 0.3) is 0 Å². The van der Waals surface area contributed by atoms with E-state index in [1.165, 1.54) is 12.1 Å². The van der Waals surface area contributed by atoms with Crippen molar-refractivity contribution in [1.29, 1.82) is 0 Å². The summed E-state index contributed by atoms with van der Waals surface area (Å²) >= 11 is 0. The number of nitrogens with one attached hydrogen (secondary N) is 1. The van der Waals surface area contributed by atoms with Crippen LogP contribution in [0.25, 0.3) is 0 Å². The lowest BCUT2D eigenvalue weighted by molar-refractivity contribution is -0.138. The molecule has 1 aliphatic rings. The van der Waals surface area contributed by atoms with Gasteiger partial charge in [-0.25, -0.2) is 0 Å². The number of benzene rings is 1. The normalized spacial score (nSPS) is 17.5. The third-order valence-corrected chi connectivity index (χ3v) is 4.80. The van der Waals surface area contributed by atoms with Gasteiger partial charge in [0.15, 0.2) is 0 Å². The molecule has 1 unspecified atom stereocenters. The van der Waals surface area contributed by atoms with E-state index in [-0.39, 0.29) is 43.2 Å². The Morgan fingerprint density at radius 1 is 1.28 bits per heavy atom. The molecule has 1 aromatic carbocycles. The zero-order chi connectivity index (χ0) is 20.5. The van der Waals surface area contributed by atoms with Crippen LogP contribution in [0.3, 0.4) is 0 Å². The van der Waals surface area contributed by atoms with Crippen LogP contribution in [0.1, 0.15) is 24.8 Å².